The quantitative estimate of drug-likeness (QED) is 0.0425. The molecule has 2 heterocycles. The number of carbonyl (C=O) groups is 3. The summed E-state index contributed by atoms with van der Waals surface area (Å²) in [7, 11) is 0. The van der Waals surface area contributed by atoms with Gasteiger partial charge in [0.1, 0.15) is 0 Å². The normalized spacial score (nSPS) is 20.3. The van der Waals surface area contributed by atoms with Crippen LogP contribution in [0, 0.1) is 33.0 Å². The molecule has 1 spiro atoms. The molecular formula is C44H45Cl4F3N4O9. The van der Waals surface area contributed by atoms with Crippen molar-refractivity contribution in [1.82, 2.24) is 14.7 Å². The van der Waals surface area contributed by atoms with Crippen LogP contribution in [0.15, 0.2) is 66.2 Å². The van der Waals surface area contributed by atoms with E-state index in [1.807, 2.05) is 36.4 Å². The zero-order chi connectivity index (χ0) is 46.1. The highest BCUT2D eigenvalue weighted by molar-refractivity contribution is 6.68. The molecular weight excluding hydrogens is 927 g/mol. The number of rotatable bonds is 17. The molecule has 0 radical (unpaired) electrons. The largest absolute Gasteiger partial charge is 0.488 e. The predicted octanol–water partition coefficient (Wildman–Crippen LogP) is 9.88. The molecule has 20 heteroatoms. The van der Waals surface area contributed by atoms with E-state index in [4.69, 9.17) is 60.6 Å². The van der Waals surface area contributed by atoms with Gasteiger partial charge in [0, 0.05) is 41.7 Å². The zero-order valence-electron chi connectivity index (χ0n) is 34.8. The molecule has 344 valence electrons. The van der Waals surface area contributed by atoms with Crippen LogP contribution in [0.25, 0.3) is 5.57 Å². The van der Waals surface area contributed by atoms with E-state index in [0.717, 1.165) is 30.0 Å². The van der Waals surface area contributed by atoms with Gasteiger partial charge in [-0.05, 0) is 99.3 Å². The molecule has 7 rings (SSSR count). The van der Waals surface area contributed by atoms with Gasteiger partial charge in [-0.2, -0.15) is 4.39 Å². The van der Waals surface area contributed by atoms with Crippen molar-refractivity contribution in [2.24, 2.45) is 5.41 Å². The van der Waals surface area contributed by atoms with Crippen LogP contribution in [0.5, 0.6) is 5.75 Å². The van der Waals surface area contributed by atoms with E-state index in [-0.39, 0.29) is 64.2 Å². The van der Waals surface area contributed by atoms with Crippen LogP contribution in [0.4, 0.5) is 22.8 Å². The molecule has 1 saturated carbocycles. The maximum Gasteiger partial charge on any atom is 0.411 e. The number of aryl methyl sites for hydroxylation is 1. The van der Waals surface area contributed by atoms with Gasteiger partial charge in [0.2, 0.25) is 9.61 Å². The van der Waals surface area contributed by atoms with Gasteiger partial charge in [-0.25, -0.2) is 18.4 Å². The Kier molecular flexibility index (Phi) is 14.1. The Morgan fingerprint density at radius 3 is 2.28 bits per heavy atom. The predicted molar refractivity (Wildman–Crippen MR) is 231 cm³/mol. The summed E-state index contributed by atoms with van der Waals surface area (Å²) in [5.74, 6) is -4.73. The molecule has 3 aromatic carbocycles. The minimum absolute atomic E-state index is 0.0359. The Balaban J connectivity index is 1.20. The van der Waals surface area contributed by atoms with Crippen LogP contribution >= 0.6 is 46.4 Å². The molecule has 3 fully saturated rings. The molecule has 2 aliphatic heterocycles. The Bertz CT molecular complexity index is 2310. The third-order valence-corrected chi connectivity index (χ3v) is 13.9. The highest BCUT2D eigenvalue weighted by Gasteiger charge is 2.73. The van der Waals surface area contributed by atoms with E-state index >= 15 is 4.79 Å². The summed E-state index contributed by atoms with van der Waals surface area (Å²) in [6.07, 6.45) is 1.63. The van der Waals surface area contributed by atoms with E-state index in [0.29, 0.717) is 47.1 Å². The first-order chi connectivity index (χ1) is 30.3. The molecule has 64 heavy (non-hydrogen) atoms. The average molecular weight is 973 g/mol. The van der Waals surface area contributed by atoms with Gasteiger partial charge in [-0.15, -0.1) is 10.1 Å². The minimum Gasteiger partial charge on any atom is -0.488 e. The van der Waals surface area contributed by atoms with E-state index < -0.39 is 67.4 Å². The molecule has 13 nitrogen and oxygen atoms in total. The van der Waals surface area contributed by atoms with Crippen LogP contribution in [0.3, 0.4) is 0 Å². The fourth-order valence-electron chi connectivity index (χ4n) is 8.69. The van der Waals surface area contributed by atoms with E-state index in [1.165, 1.54) is 23.6 Å². The molecule has 0 N–H and O–H groups in total. The van der Waals surface area contributed by atoms with Crippen LogP contribution in [0.1, 0.15) is 69.1 Å². The number of hydrogen-bond donors (Lipinski definition) is 0. The number of likely N-dealkylation sites (tertiary alicyclic amines) is 2. The Hall–Kier alpha value is -4.64. The first kappa shape index (κ1) is 47.3. The maximum absolute atomic E-state index is 15.4. The highest BCUT2D eigenvalue weighted by Crippen LogP contribution is 2.63. The van der Waals surface area contributed by atoms with Crippen molar-refractivity contribution in [3.8, 4) is 5.75 Å². The molecule has 4 aliphatic rings. The Labute approximate surface area is 387 Å². The first-order valence-corrected chi connectivity index (χ1v) is 22.2. The number of allylic oxidation sites excluding steroid dienone is 1. The van der Waals surface area contributed by atoms with Crippen molar-refractivity contribution in [3.63, 3.8) is 0 Å². The second kappa shape index (κ2) is 19.1. The number of ether oxygens (including phenoxy) is 3. The van der Waals surface area contributed by atoms with E-state index in [9.17, 15) is 32.9 Å². The van der Waals surface area contributed by atoms with Crippen LogP contribution in [-0.2, 0) is 32.1 Å². The van der Waals surface area contributed by atoms with Gasteiger partial charge in [-0.1, -0.05) is 88.9 Å². The number of unbranched alkanes of at least 4 members (excludes halogenated alkanes) is 1. The molecule has 0 bridgehead atoms. The summed E-state index contributed by atoms with van der Waals surface area (Å²) in [6, 6.07) is 14.5. The second-order valence-corrected chi connectivity index (χ2v) is 19.5. The smallest absolute Gasteiger partial charge is 0.411 e. The van der Waals surface area contributed by atoms with Gasteiger partial charge in [0.15, 0.2) is 23.0 Å². The zero-order valence-corrected chi connectivity index (χ0v) is 37.8. The number of carbonyl (C=O) groups excluding carboxylic acids is 3. The van der Waals surface area contributed by atoms with Gasteiger partial charge >= 0.3 is 12.2 Å². The lowest BCUT2D eigenvalue weighted by molar-refractivity contribution is -0.757. The van der Waals surface area contributed by atoms with Gasteiger partial charge in [0.25, 0.3) is 11.0 Å². The van der Waals surface area contributed by atoms with Gasteiger partial charge < -0.3 is 28.8 Å². The van der Waals surface area contributed by atoms with Crippen LogP contribution in [0.2, 0.25) is 5.02 Å². The Morgan fingerprint density at radius 2 is 1.61 bits per heavy atom. The minimum atomic E-state index is -2.03. The summed E-state index contributed by atoms with van der Waals surface area (Å²) in [6.45, 7) is 2.96. The Morgan fingerprint density at radius 1 is 0.922 bits per heavy atom. The second-order valence-electron chi connectivity index (χ2n) is 16.8. The molecule has 0 aromatic heterocycles. The number of amides is 3. The van der Waals surface area contributed by atoms with Crippen molar-refractivity contribution < 1.29 is 51.7 Å². The fraction of sp³-hybridized carbons (Fsp3) is 0.477. The van der Waals surface area contributed by atoms with Crippen molar-refractivity contribution >= 4 is 70.1 Å². The van der Waals surface area contributed by atoms with Crippen molar-refractivity contribution in [2.45, 2.75) is 92.9 Å². The topological polar surface area (TPSA) is 141 Å². The molecule has 3 unspecified atom stereocenters. The standard InChI is InChI=1S/C44H45Cl4F3N4O9/c1-42(2,44(46,47)48)64-41(58)54-34-24-52(40(57)62-19-5-6-21-63-55(59)60)25-43(34)22-30(35(38(43)54)39(56)53(29-15-16-29)23-28-9-3-4-10-31(28)45)27-13-11-26(12-14-27)8-7-20-61-37-33(50)18-17-32(49)36(37)51/h3-4,9-14,17-18,29,34,38H,5-8,15-16,19-25H2,1-2H3. The van der Waals surface area contributed by atoms with Crippen molar-refractivity contribution in [1.29, 1.82) is 0 Å². The van der Waals surface area contributed by atoms with Crippen LogP contribution < -0.4 is 4.74 Å². The van der Waals surface area contributed by atoms with Gasteiger partial charge in [0.05, 0.1) is 31.9 Å². The lowest BCUT2D eigenvalue weighted by Gasteiger charge is -2.57. The number of alkyl halides is 3. The first-order valence-electron chi connectivity index (χ1n) is 20.7. The molecule has 2 aliphatic carbocycles. The summed E-state index contributed by atoms with van der Waals surface area (Å²) < 4.78 is 56.7. The molecule has 2 saturated heterocycles. The molecule has 3 atom stereocenters. The lowest BCUT2D eigenvalue weighted by atomic mass is 9.66. The van der Waals surface area contributed by atoms with Crippen molar-refractivity contribution in [2.75, 3.05) is 32.9 Å². The highest BCUT2D eigenvalue weighted by atomic mass is 35.6. The van der Waals surface area contributed by atoms with E-state index in [2.05, 4.69) is 4.84 Å². The molecule has 3 aromatic rings. The van der Waals surface area contributed by atoms with Gasteiger partial charge in [-0.3, -0.25) is 9.69 Å². The fourth-order valence-corrected chi connectivity index (χ4v) is 9.00. The number of hydrogen-bond acceptors (Lipinski definition) is 9. The maximum atomic E-state index is 15.4. The summed E-state index contributed by atoms with van der Waals surface area (Å²) in [5, 5.41) is 10.1. The lowest BCUT2D eigenvalue weighted by Crippen LogP contribution is -2.72. The SMILES string of the molecule is CC(C)(OC(=O)N1C2CN(C(=O)OCCCCO[N+](=O)[O-])CC23CC(c2ccc(CCCOc4c(F)ccc(F)c4F)cc2)=C(C(=O)N(Cc2ccccc2Cl)C2CC2)C13)C(Cl)(Cl)Cl. The third-order valence-electron chi connectivity index (χ3n) is 12.2. The average Bonchev–Trinajstić information content (AvgIpc) is 3.98. The van der Waals surface area contributed by atoms with Crippen molar-refractivity contribution in [3.05, 3.63) is 116 Å². The summed E-state index contributed by atoms with van der Waals surface area (Å²) >= 11 is 25.4. The van der Waals surface area contributed by atoms with Crippen LogP contribution in [-0.4, -0.2) is 98.3 Å². The molecule has 3 amide bonds. The van der Waals surface area contributed by atoms with E-state index in [1.54, 1.807) is 17.0 Å². The number of nitrogens with zero attached hydrogens (tertiary/aromatic N) is 4. The summed E-state index contributed by atoms with van der Waals surface area (Å²) in [5.41, 5.74) is 0.796. The number of benzene rings is 3. The monoisotopic (exact) mass is 970 g/mol. The number of halogens is 7. The third kappa shape index (κ3) is 9.80. The summed E-state index contributed by atoms with van der Waals surface area (Å²) in [4.78, 5) is 63.0.